The van der Waals surface area contributed by atoms with Crippen molar-refractivity contribution >= 4 is 0 Å². The van der Waals surface area contributed by atoms with Crippen LogP contribution in [0.15, 0.2) is 0 Å². The summed E-state index contributed by atoms with van der Waals surface area (Å²) >= 11 is -4.63. The summed E-state index contributed by atoms with van der Waals surface area (Å²) < 4.78 is 54.2. The molecule has 0 amide bonds. The molecule has 3 saturated heterocycles. The number of nitrogens with two attached hydrogens (primary N) is 3. The maximum absolute atomic E-state index is 11.2. The quantitative estimate of drug-likeness (QED) is 0.101. The molecule has 0 aromatic carbocycles. The number of halogens is 1. The second-order valence-corrected chi connectivity index (χ2v) is 10.6. The maximum atomic E-state index is 11.2. The Morgan fingerprint density at radius 3 is 1.76 bits per heavy atom. The number of hydrogen-bond acceptors (Lipinski definition) is 19. The molecule has 3 heterocycles. The van der Waals surface area contributed by atoms with E-state index in [4.69, 9.17) is 40.9 Å². The molecular formula is C18H34IN3O16. The SMILES string of the molecule is N[C@H]1[C@@H](OC2[C@@H](CO)O[C@@H](OC3[C@@H](CO)O[C@@H](O)[C@H](N)[C@H]3O)[C@H](N)[C@H]2O)O[C@](CO)(O[I+2]([O-])[O-])[C@@H](O)[C@@H]1O. The van der Waals surface area contributed by atoms with E-state index in [1.807, 2.05) is 0 Å². The molecule has 0 bridgehead atoms. The summed E-state index contributed by atoms with van der Waals surface area (Å²) in [7, 11) is 0. The number of rotatable bonds is 9. The van der Waals surface area contributed by atoms with Crippen LogP contribution < -0.4 is 45.1 Å². The molecule has 38 heavy (non-hydrogen) atoms. The van der Waals surface area contributed by atoms with E-state index in [9.17, 15) is 47.7 Å². The van der Waals surface area contributed by atoms with E-state index in [2.05, 4.69) is 3.07 Å². The molecule has 19 nitrogen and oxygen atoms in total. The smallest absolute Gasteiger partial charge is 0.396 e. The first-order valence-electron chi connectivity index (χ1n) is 11.4. The second kappa shape index (κ2) is 13.3. The molecule has 0 radical (unpaired) electrons. The van der Waals surface area contributed by atoms with E-state index in [0.29, 0.717) is 0 Å². The Kier molecular flexibility index (Phi) is 11.4. The molecule has 15 atom stereocenters. The van der Waals surface area contributed by atoms with Crippen LogP contribution in [0.2, 0.25) is 0 Å². The fraction of sp³-hybridized carbons (Fsp3) is 1.00. The van der Waals surface area contributed by atoms with Crippen LogP contribution in [0, 0.1) is 0 Å². The Morgan fingerprint density at radius 2 is 1.24 bits per heavy atom. The zero-order valence-corrected chi connectivity index (χ0v) is 21.8. The number of aliphatic hydroxyl groups is 8. The third-order valence-corrected chi connectivity index (χ3v) is 7.72. The zero-order chi connectivity index (χ0) is 28.5. The van der Waals surface area contributed by atoms with E-state index in [0.717, 1.165) is 0 Å². The molecule has 14 N–H and O–H groups in total. The second-order valence-electron chi connectivity index (χ2n) is 9.05. The molecule has 0 saturated carbocycles. The minimum Gasteiger partial charge on any atom is -0.396 e. The van der Waals surface area contributed by atoms with Gasteiger partial charge in [-0.25, -0.2) is 0 Å². The molecule has 3 aliphatic rings. The van der Waals surface area contributed by atoms with Crippen molar-refractivity contribution in [1.82, 2.24) is 0 Å². The Bertz CT molecular complexity index is 758. The molecule has 0 spiro atoms. The van der Waals surface area contributed by atoms with Crippen LogP contribution in [0.1, 0.15) is 0 Å². The molecule has 3 fully saturated rings. The van der Waals surface area contributed by atoms with Crippen LogP contribution in [-0.2, 0) is 26.8 Å². The number of aliphatic hydroxyl groups excluding tert-OH is 8. The number of ether oxygens (including phenoxy) is 5. The molecule has 0 aromatic rings. The summed E-state index contributed by atoms with van der Waals surface area (Å²) in [4.78, 5) is 0. The Labute approximate surface area is 224 Å². The predicted molar refractivity (Wildman–Crippen MR) is 107 cm³/mol. The van der Waals surface area contributed by atoms with Gasteiger partial charge in [0.2, 0.25) is 0 Å². The van der Waals surface area contributed by atoms with Crippen molar-refractivity contribution < 1.29 is 95.5 Å². The fourth-order valence-corrected chi connectivity index (χ4v) is 5.49. The highest BCUT2D eigenvalue weighted by Gasteiger charge is 2.61. The highest BCUT2D eigenvalue weighted by molar-refractivity contribution is 5.00. The van der Waals surface area contributed by atoms with E-state index in [1.54, 1.807) is 0 Å². The van der Waals surface area contributed by atoms with Gasteiger partial charge in [0.05, 0.1) is 31.3 Å². The summed E-state index contributed by atoms with van der Waals surface area (Å²) in [6.45, 7) is -2.78. The first-order valence-corrected chi connectivity index (χ1v) is 14.0. The first kappa shape index (κ1) is 32.5. The molecule has 224 valence electrons. The lowest BCUT2D eigenvalue weighted by atomic mass is 9.93. The van der Waals surface area contributed by atoms with Crippen molar-refractivity contribution in [2.45, 2.75) is 91.6 Å². The van der Waals surface area contributed by atoms with Crippen molar-refractivity contribution in [3.63, 3.8) is 0 Å². The van der Waals surface area contributed by atoms with E-state index >= 15 is 0 Å². The van der Waals surface area contributed by atoms with Gasteiger partial charge in [-0.1, -0.05) is 0 Å². The monoisotopic (exact) mass is 675 g/mol. The van der Waals surface area contributed by atoms with Crippen LogP contribution in [0.25, 0.3) is 0 Å². The van der Waals surface area contributed by atoms with Crippen molar-refractivity contribution in [2.24, 2.45) is 17.2 Å². The predicted octanol–water partition coefficient (Wildman–Crippen LogP) is -13.2. The molecule has 3 rings (SSSR count). The Hall–Kier alpha value is -0.0300. The van der Waals surface area contributed by atoms with Crippen LogP contribution in [0.3, 0.4) is 0 Å². The highest BCUT2D eigenvalue weighted by Crippen LogP contribution is 2.33. The molecule has 20 heteroatoms. The lowest BCUT2D eigenvalue weighted by molar-refractivity contribution is -1.63. The Morgan fingerprint density at radius 1 is 0.737 bits per heavy atom. The third-order valence-electron chi connectivity index (χ3n) is 6.62. The van der Waals surface area contributed by atoms with E-state index < -0.39 is 132 Å². The van der Waals surface area contributed by atoms with Crippen molar-refractivity contribution in [2.75, 3.05) is 19.8 Å². The summed E-state index contributed by atoms with van der Waals surface area (Å²) in [5, 5.41) is 80.7. The normalized spacial score (nSPS) is 50.4. The van der Waals surface area contributed by atoms with Gasteiger partial charge in [0, 0.05) is 3.07 Å². The van der Waals surface area contributed by atoms with Gasteiger partial charge in [-0.3, -0.25) is 0 Å². The largest absolute Gasteiger partial charge is 0.510 e. The van der Waals surface area contributed by atoms with Gasteiger partial charge in [-0.05, 0) is 0 Å². The van der Waals surface area contributed by atoms with Crippen molar-refractivity contribution in [3.8, 4) is 0 Å². The van der Waals surface area contributed by atoms with Gasteiger partial charge in [0.15, 0.2) is 18.9 Å². The van der Waals surface area contributed by atoms with Gasteiger partial charge >= 0.3 is 26.9 Å². The maximum Gasteiger partial charge on any atom is 0.510 e. The molecule has 0 aromatic heterocycles. The minimum atomic E-state index is -4.63. The van der Waals surface area contributed by atoms with Crippen LogP contribution >= 0.6 is 0 Å². The minimum absolute atomic E-state index is 0.707. The van der Waals surface area contributed by atoms with Crippen LogP contribution in [0.4, 0.5) is 0 Å². The van der Waals surface area contributed by atoms with E-state index in [-0.39, 0.29) is 0 Å². The highest BCUT2D eigenvalue weighted by atomic mass is 127. The number of hydrogen-bond donors (Lipinski definition) is 11. The van der Waals surface area contributed by atoms with E-state index in [1.165, 1.54) is 0 Å². The van der Waals surface area contributed by atoms with Gasteiger partial charge in [-0.15, -0.1) is 0 Å². The molecule has 0 aliphatic carbocycles. The summed E-state index contributed by atoms with van der Waals surface area (Å²) in [6.07, 6.45) is -18.0. The van der Waals surface area contributed by atoms with Gasteiger partial charge in [0.1, 0.15) is 55.4 Å². The van der Waals surface area contributed by atoms with Gasteiger partial charge < -0.3 is 88.6 Å². The first-order chi connectivity index (χ1) is 17.8. The molecular weight excluding hydrogens is 641 g/mol. The van der Waals surface area contributed by atoms with Gasteiger partial charge in [-0.2, -0.15) is 0 Å². The zero-order valence-electron chi connectivity index (χ0n) is 19.7. The topological polar surface area (TPSA) is 341 Å². The van der Waals surface area contributed by atoms with Gasteiger partial charge in [0.25, 0.3) is 0 Å². The van der Waals surface area contributed by atoms with Crippen molar-refractivity contribution in [1.29, 1.82) is 0 Å². The average Bonchev–Trinajstić information content (AvgIpc) is 2.89. The van der Waals surface area contributed by atoms with Crippen LogP contribution in [0.5, 0.6) is 0 Å². The summed E-state index contributed by atoms with van der Waals surface area (Å²) in [6, 6.07) is -4.37. The standard InChI is InChI=1S/C18H34IN3O16/c20-6-9(26)12(4(1-23)33-15(6)30)35-16-7(21)10(27)13(5(2-24)34-16)36-17-8(22)11(28)14(29)18(3-25,37-17)38-19(31)32/h4-17,23-30H,1-3,20-22H2/t4-,5-,6-,7-,8-,9-,10-,11-,12?,13?,14+,15-,16+,17+,18-/m1/s1. The molecule has 3 aliphatic heterocycles. The molecule has 2 unspecified atom stereocenters. The van der Waals surface area contributed by atoms with Crippen LogP contribution in [-0.4, -0.2) is 152 Å². The summed E-state index contributed by atoms with van der Waals surface area (Å²) in [5.74, 6) is -2.67. The lowest BCUT2D eigenvalue weighted by Gasteiger charge is -2.49. The van der Waals surface area contributed by atoms with Crippen molar-refractivity contribution in [3.05, 3.63) is 0 Å². The fourth-order valence-electron chi connectivity index (χ4n) is 4.38. The third kappa shape index (κ3) is 6.39. The average molecular weight is 675 g/mol. The lowest BCUT2D eigenvalue weighted by Crippen LogP contribution is -3.99. The Balaban J connectivity index is 1.77. The summed E-state index contributed by atoms with van der Waals surface area (Å²) in [5.41, 5.74) is 17.6.